The minimum Gasteiger partial charge on any atom is -0.481 e. The van der Waals surface area contributed by atoms with Crippen molar-refractivity contribution in [3.8, 4) is 0 Å². The fourth-order valence-corrected chi connectivity index (χ4v) is 4.43. The lowest BCUT2D eigenvalue weighted by Crippen LogP contribution is -2.56. The van der Waals surface area contributed by atoms with E-state index in [-0.39, 0.29) is 6.04 Å². The molecule has 84 valence electrons. The van der Waals surface area contributed by atoms with E-state index in [4.69, 9.17) is 5.73 Å². The van der Waals surface area contributed by atoms with Crippen LogP contribution in [-0.2, 0) is 4.79 Å². The van der Waals surface area contributed by atoms with Crippen molar-refractivity contribution in [2.75, 3.05) is 0 Å². The van der Waals surface area contributed by atoms with Crippen molar-refractivity contribution in [2.45, 2.75) is 44.6 Å². The lowest BCUT2D eigenvalue weighted by Gasteiger charge is -2.49. The molecule has 0 aliphatic heterocycles. The van der Waals surface area contributed by atoms with E-state index < -0.39 is 11.4 Å². The highest BCUT2D eigenvalue weighted by Crippen LogP contribution is 2.60. The molecule has 3 rings (SSSR count). The van der Waals surface area contributed by atoms with Crippen LogP contribution in [0.2, 0.25) is 0 Å². The summed E-state index contributed by atoms with van der Waals surface area (Å²) in [4.78, 5) is 11.5. The number of hydrogen-bond donors (Lipinski definition) is 2. The largest absolute Gasteiger partial charge is 0.481 e. The first-order chi connectivity index (χ1) is 7.12. The Morgan fingerprint density at radius 1 is 1.27 bits per heavy atom. The Bertz CT molecular complexity index is 296. The van der Waals surface area contributed by atoms with Crippen molar-refractivity contribution in [1.29, 1.82) is 0 Å². The molecule has 3 fully saturated rings. The normalized spacial score (nSPS) is 52.9. The molecular weight excluding hydrogens is 190 g/mol. The highest BCUT2D eigenvalue weighted by Gasteiger charge is 2.59. The second-order valence-electron chi connectivity index (χ2n) is 5.91. The standard InChI is InChI=1S/C12H19NO2/c13-9-5-12(6-9,11(14)15)10-4-7-1-2-8(10)3-7/h7-10H,1-6,13H2,(H,14,15). The molecule has 3 unspecified atom stereocenters. The Kier molecular flexibility index (Phi) is 1.91. The van der Waals surface area contributed by atoms with Gasteiger partial charge in [-0.05, 0) is 49.9 Å². The van der Waals surface area contributed by atoms with Crippen LogP contribution in [0.15, 0.2) is 0 Å². The summed E-state index contributed by atoms with van der Waals surface area (Å²) in [6, 6.07) is 0.139. The van der Waals surface area contributed by atoms with Gasteiger partial charge in [0.25, 0.3) is 0 Å². The molecule has 3 atom stereocenters. The summed E-state index contributed by atoms with van der Waals surface area (Å²) < 4.78 is 0. The van der Waals surface area contributed by atoms with E-state index in [1.54, 1.807) is 0 Å². The molecule has 0 saturated heterocycles. The van der Waals surface area contributed by atoms with Crippen LogP contribution in [0, 0.1) is 23.2 Å². The maximum Gasteiger partial charge on any atom is 0.310 e. The summed E-state index contributed by atoms with van der Waals surface area (Å²) in [6.07, 6.45) is 6.48. The summed E-state index contributed by atoms with van der Waals surface area (Å²) in [5.74, 6) is 1.38. The van der Waals surface area contributed by atoms with Crippen LogP contribution in [0.1, 0.15) is 38.5 Å². The molecule has 3 heteroatoms. The Morgan fingerprint density at radius 2 is 2.00 bits per heavy atom. The first-order valence-electron chi connectivity index (χ1n) is 6.11. The Hall–Kier alpha value is -0.570. The third-order valence-electron chi connectivity index (χ3n) is 5.13. The maximum atomic E-state index is 11.5. The second-order valence-corrected chi connectivity index (χ2v) is 5.91. The van der Waals surface area contributed by atoms with Crippen LogP contribution in [0.3, 0.4) is 0 Å². The van der Waals surface area contributed by atoms with E-state index in [1.165, 1.54) is 19.3 Å². The maximum absolute atomic E-state index is 11.5. The number of nitrogens with two attached hydrogens (primary N) is 1. The van der Waals surface area contributed by atoms with Gasteiger partial charge in [0.05, 0.1) is 5.41 Å². The van der Waals surface area contributed by atoms with Crippen molar-refractivity contribution in [1.82, 2.24) is 0 Å². The van der Waals surface area contributed by atoms with Gasteiger partial charge in [-0.15, -0.1) is 0 Å². The van der Waals surface area contributed by atoms with Crippen molar-refractivity contribution < 1.29 is 9.90 Å². The summed E-state index contributed by atoms with van der Waals surface area (Å²) in [7, 11) is 0. The molecule has 0 radical (unpaired) electrons. The first kappa shape index (κ1) is 9.64. The summed E-state index contributed by atoms with van der Waals surface area (Å²) in [5.41, 5.74) is 5.36. The number of hydrogen-bond acceptors (Lipinski definition) is 2. The van der Waals surface area contributed by atoms with Gasteiger partial charge in [-0.2, -0.15) is 0 Å². The number of fused-ring (bicyclic) bond motifs is 2. The molecule has 15 heavy (non-hydrogen) atoms. The van der Waals surface area contributed by atoms with Crippen molar-refractivity contribution in [3.63, 3.8) is 0 Å². The summed E-state index contributed by atoms with van der Waals surface area (Å²) in [5, 5.41) is 9.43. The van der Waals surface area contributed by atoms with Gasteiger partial charge in [-0.1, -0.05) is 6.42 Å². The Labute approximate surface area is 90.0 Å². The molecule has 2 bridgehead atoms. The van der Waals surface area contributed by atoms with Gasteiger partial charge < -0.3 is 10.8 Å². The average Bonchev–Trinajstić information content (AvgIpc) is 2.72. The minimum absolute atomic E-state index is 0.139. The number of carbonyl (C=O) groups is 1. The molecule has 0 amide bonds. The van der Waals surface area contributed by atoms with Gasteiger partial charge in [0.2, 0.25) is 0 Å². The SMILES string of the molecule is NC1CC(C(=O)O)(C2CC3CCC2C3)C1. The van der Waals surface area contributed by atoms with Crippen molar-refractivity contribution >= 4 is 5.97 Å². The quantitative estimate of drug-likeness (QED) is 0.726. The highest BCUT2D eigenvalue weighted by atomic mass is 16.4. The molecule has 3 aliphatic carbocycles. The molecule has 0 spiro atoms. The molecule has 3 saturated carbocycles. The molecule has 3 N–H and O–H groups in total. The predicted molar refractivity (Wildman–Crippen MR) is 56.2 cm³/mol. The third-order valence-corrected chi connectivity index (χ3v) is 5.13. The number of rotatable bonds is 2. The van der Waals surface area contributed by atoms with Crippen molar-refractivity contribution in [2.24, 2.45) is 28.9 Å². The van der Waals surface area contributed by atoms with E-state index in [9.17, 15) is 9.90 Å². The van der Waals surface area contributed by atoms with E-state index in [2.05, 4.69) is 0 Å². The topological polar surface area (TPSA) is 63.3 Å². The molecule has 0 heterocycles. The molecular formula is C12H19NO2. The van der Waals surface area contributed by atoms with Gasteiger partial charge in [0.1, 0.15) is 0 Å². The second kappa shape index (κ2) is 2.97. The zero-order valence-electron chi connectivity index (χ0n) is 8.98. The fraction of sp³-hybridized carbons (Fsp3) is 0.917. The number of carboxylic acids is 1. The van der Waals surface area contributed by atoms with Gasteiger partial charge in [-0.25, -0.2) is 0 Å². The molecule has 3 aliphatic rings. The van der Waals surface area contributed by atoms with E-state index in [1.807, 2.05) is 0 Å². The average molecular weight is 209 g/mol. The minimum atomic E-state index is -0.582. The van der Waals surface area contributed by atoms with Gasteiger partial charge in [-0.3, -0.25) is 4.79 Å². The monoisotopic (exact) mass is 209 g/mol. The predicted octanol–water partition coefficient (Wildman–Crippen LogP) is 1.61. The van der Waals surface area contributed by atoms with Crippen LogP contribution in [-0.4, -0.2) is 17.1 Å². The van der Waals surface area contributed by atoms with Gasteiger partial charge in [0, 0.05) is 6.04 Å². The molecule has 3 nitrogen and oxygen atoms in total. The first-order valence-corrected chi connectivity index (χ1v) is 6.11. The lowest BCUT2D eigenvalue weighted by molar-refractivity contribution is -0.163. The van der Waals surface area contributed by atoms with Crippen LogP contribution < -0.4 is 5.73 Å². The Balaban J connectivity index is 1.82. The Morgan fingerprint density at radius 3 is 2.40 bits per heavy atom. The van der Waals surface area contributed by atoms with E-state index in [0.29, 0.717) is 11.8 Å². The zero-order chi connectivity index (χ0) is 10.6. The van der Waals surface area contributed by atoms with Crippen LogP contribution in [0.25, 0.3) is 0 Å². The smallest absolute Gasteiger partial charge is 0.310 e. The van der Waals surface area contributed by atoms with Gasteiger partial charge >= 0.3 is 5.97 Å². The molecule has 0 aromatic heterocycles. The summed E-state index contributed by atoms with van der Waals surface area (Å²) in [6.45, 7) is 0. The van der Waals surface area contributed by atoms with Crippen LogP contribution >= 0.6 is 0 Å². The number of carboxylic acid groups (broad SMARTS) is 1. The fourth-order valence-electron chi connectivity index (χ4n) is 4.43. The molecule has 0 aromatic carbocycles. The van der Waals surface area contributed by atoms with Crippen LogP contribution in [0.4, 0.5) is 0 Å². The third kappa shape index (κ3) is 1.19. The summed E-state index contributed by atoms with van der Waals surface area (Å²) >= 11 is 0. The number of aliphatic carboxylic acids is 1. The van der Waals surface area contributed by atoms with Gasteiger partial charge in [0.15, 0.2) is 0 Å². The van der Waals surface area contributed by atoms with E-state index >= 15 is 0 Å². The highest BCUT2D eigenvalue weighted by molar-refractivity contribution is 5.76. The van der Waals surface area contributed by atoms with Crippen molar-refractivity contribution in [3.05, 3.63) is 0 Å². The zero-order valence-corrected chi connectivity index (χ0v) is 8.98. The lowest BCUT2D eigenvalue weighted by atomic mass is 9.55. The molecule has 0 aromatic rings. The van der Waals surface area contributed by atoms with E-state index in [0.717, 1.165) is 25.2 Å². The van der Waals surface area contributed by atoms with Crippen LogP contribution in [0.5, 0.6) is 0 Å².